The smallest absolute Gasteiger partial charge is 0.337 e. The van der Waals surface area contributed by atoms with Crippen LogP contribution >= 0.6 is 0 Å². The van der Waals surface area contributed by atoms with E-state index in [1.165, 1.54) is 49.8 Å². The Kier molecular flexibility index (Phi) is 8.19. The molecule has 2 aromatic carbocycles. The fraction of sp³-hybridized carbons (Fsp3) is 0.308. The fourth-order valence-electron chi connectivity index (χ4n) is 3.62. The van der Waals surface area contributed by atoms with Crippen molar-refractivity contribution in [1.29, 1.82) is 0 Å². The number of ether oxygens (including phenoxy) is 1. The Labute approximate surface area is 199 Å². The number of methoxy groups -OCH3 is 1. The molecule has 8 heteroatoms. The molecule has 3 rings (SSSR count). The van der Waals surface area contributed by atoms with Gasteiger partial charge < -0.3 is 9.84 Å². The molecule has 3 aromatic rings. The molecule has 0 aliphatic heterocycles. The molecule has 0 aliphatic carbocycles. The highest BCUT2D eigenvalue weighted by Gasteiger charge is 2.19. The number of carbonyl (C=O) groups excluding carboxylic acids is 2. The summed E-state index contributed by atoms with van der Waals surface area (Å²) < 4.78 is 6.25. The lowest BCUT2D eigenvalue weighted by Crippen LogP contribution is -2.19. The van der Waals surface area contributed by atoms with Crippen LogP contribution in [0, 0.1) is 0 Å². The number of amides is 1. The Morgan fingerprint density at radius 3 is 2.32 bits per heavy atom. The molecule has 1 aromatic heterocycles. The minimum atomic E-state index is -0.478. The zero-order valence-corrected chi connectivity index (χ0v) is 20.0. The second-order valence-corrected chi connectivity index (χ2v) is 8.03. The first-order valence-electron chi connectivity index (χ1n) is 11.2. The molecule has 0 saturated carbocycles. The van der Waals surface area contributed by atoms with Gasteiger partial charge in [0.15, 0.2) is 11.4 Å². The molecule has 0 atom stereocenters. The van der Waals surface area contributed by atoms with Gasteiger partial charge in [-0.1, -0.05) is 44.0 Å². The summed E-state index contributed by atoms with van der Waals surface area (Å²) in [5.74, 6) is -0.933. The molecule has 1 heterocycles. The van der Waals surface area contributed by atoms with Crippen molar-refractivity contribution in [2.45, 2.75) is 39.5 Å². The van der Waals surface area contributed by atoms with Crippen LogP contribution in [-0.2, 0) is 18.2 Å². The highest BCUT2D eigenvalue weighted by molar-refractivity contribution is 6.02. The summed E-state index contributed by atoms with van der Waals surface area (Å²) in [6.07, 6.45) is 4.59. The van der Waals surface area contributed by atoms with Gasteiger partial charge in [0.2, 0.25) is 0 Å². The Morgan fingerprint density at radius 1 is 1.06 bits per heavy atom. The highest BCUT2D eigenvalue weighted by atomic mass is 16.5. The van der Waals surface area contributed by atoms with Crippen molar-refractivity contribution in [2.24, 2.45) is 12.1 Å². The molecule has 1 amide bonds. The van der Waals surface area contributed by atoms with E-state index in [0.717, 1.165) is 18.4 Å². The van der Waals surface area contributed by atoms with Gasteiger partial charge in [0.25, 0.3) is 5.91 Å². The van der Waals surface area contributed by atoms with Gasteiger partial charge in [0, 0.05) is 18.2 Å². The first kappa shape index (κ1) is 24.7. The molecule has 0 saturated heterocycles. The number of nitrogens with one attached hydrogen (secondary N) is 1. The molecule has 0 radical (unpaired) electrons. The zero-order chi connectivity index (χ0) is 24.7. The third kappa shape index (κ3) is 5.70. The number of aromatic hydroxyl groups is 1. The largest absolute Gasteiger partial charge is 0.504 e. The SMILES string of the molecule is CCCCCc1ccc(-c2c(O)c(/C(C)=N\NC(=O)c3ccc(C(=O)OC)cc3)nn2C)cc1. The van der Waals surface area contributed by atoms with Crippen LogP contribution in [0.25, 0.3) is 11.3 Å². The second kappa shape index (κ2) is 11.3. The molecule has 178 valence electrons. The third-order valence-corrected chi connectivity index (χ3v) is 5.55. The van der Waals surface area contributed by atoms with Gasteiger partial charge >= 0.3 is 5.97 Å². The molecule has 0 fully saturated rings. The zero-order valence-electron chi connectivity index (χ0n) is 20.0. The van der Waals surface area contributed by atoms with Crippen molar-refractivity contribution in [2.75, 3.05) is 7.11 Å². The highest BCUT2D eigenvalue weighted by Crippen LogP contribution is 2.32. The van der Waals surface area contributed by atoms with Crippen LogP contribution in [-0.4, -0.2) is 39.6 Å². The van der Waals surface area contributed by atoms with Crippen molar-refractivity contribution < 1.29 is 19.4 Å². The molecule has 0 bridgehead atoms. The van der Waals surface area contributed by atoms with Crippen LogP contribution < -0.4 is 5.43 Å². The summed E-state index contributed by atoms with van der Waals surface area (Å²) in [5, 5.41) is 19.3. The summed E-state index contributed by atoms with van der Waals surface area (Å²) in [5.41, 5.74) is 6.46. The molecule has 34 heavy (non-hydrogen) atoms. The minimum Gasteiger partial charge on any atom is -0.504 e. The standard InChI is InChI=1S/C26H30N4O4/c1-5-6-7-8-18-9-11-19(12-10-18)23-24(31)22(29-30(23)3)17(2)27-28-25(32)20-13-15-21(16-14-20)26(33)34-4/h9-16,31H,5-8H2,1-4H3,(H,28,32)/b27-17-. The van der Waals surface area contributed by atoms with E-state index in [1.54, 1.807) is 18.7 Å². The predicted molar refractivity (Wildman–Crippen MR) is 131 cm³/mol. The Bertz CT molecular complexity index is 1180. The third-order valence-electron chi connectivity index (χ3n) is 5.55. The normalized spacial score (nSPS) is 11.4. The minimum absolute atomic E-state index is 0.000775. The topological polar surface area (TPSA) is 106 Å². The fourth-order valence-corrected chi connectivity index (χ4v) is 3.62. The van der Waals surface area contributed by atoms with Crippen LogP contribution in [0.4, 0.5) is 0 Å². The van der Waals surface area contributed by atoms with Crippen LogP contribution in [0.2, 0.25) is 0 Å². The van der Waals surface area contributed by atoms with E-state index in [9.17, 15) is 14.7 Å². The lowest BCUT2D eigenvalue weighted by atomic mass is 10.0. The molecular formula is C26H30N4O4. The maximum absolute atomic E-state index is 12.4. The van der Waals surface area contributed by atoms with E-state index in [0.29, 0.717) is 22.5 Å². The van der Waals surface area contributed by atoms with Crippen molar-refractivity contribution in [3.05, 3.63) is 70.9 Å². The molecule has 0 unspecified atom stereocenters. The van der Waals surface area contributed by atoms with Crippen LogP contribution in [0.5, 0.6) is 5.75 Å². The number of unbranched alkanes of at least 4 members (excludes halogenated alkanes) is 2. The lowest BCUT2D eigenvalue weighted by Gasteiger charge is -2.05. The first-order chi connectivity index (χ1) is 16.3. The van der Waals surface area contributed by atoms with Gasteiger partial charge in [-0.25, -0.2) is 10.2 Å². The van der Waals surface area contributed by atoms with Gasteiger partial charge in [0.05, 0.1) is 18.4 Å². The van der Waals surface area contributed by atoms with Crippen LogP contribution in [0.1, 0.15) is 65.1 Å². The Morgan fingerprint density at radius 2 is 1.71 bits per heavy atom. The van der Waals surface area contributed by atoms with E-state index in [4.69, 9.17) is 0 Å². The van der Waals surface area contributed by atoms with E-state index in [1.807, 2.05) is 12.1 Å². The quantitative estimate of drug-likeness (QED) is 0.211. The second-order valence-electron chi connectivity index (χ2n) is 8.03. The number of benzene rings is 2. The summed E-state index contributed by atoms with van der Waals surface area (Å²) in [6.45, 7) is 3.84. The first-order valence-corrected chi connectivity index (χ1v) is 11.2. The Hall–Kier alpha value is -3.94. The maximum atomic E-state index is 12.4. The van der Waals surface area contributed by atoms with Gasteiger partial charge in [-0.2, -0.15) is 10.2 Å². The Balaban J connectivity index is 1.73. The lowest BCUT2D eigenvalue weighted by molar-refractivity contribution is 0.0600. The molecule has 8 nitrogen and oxygen atoms in total. The average molecular weight is 463 g/mol. The molecule has 2 N–H and O–H groups in total. The van der Waals surface area contributed by atoms with E-state index in [-0.39, 0.29) is 11.4 Å². The van der Waals surface area contributed by atoms with E-state index in [2.05, 4.69) is 39.4 Å². The van der Waals surface area contributed by atoms with Gasteiger partial charge in [-0.3, -0.25) is 9.48 Å². The van der Waals surface area contributed by atoms with Crippen molar-refractivity contribution >= 4 is 17.6 Å². The number of hydrogen-bond donors (Lipinski definition) is 2. The number of aryl methyl sites for hydroxylation is 2. The molecule has 0 aliphatic rings. The predicted octanol–water partition coefficient (Wildman–Crippen LogP) is 4.47. The van der Waals surface area contributed by atoms with Crippen molar-refractivity contribution in [3.8, 4) is 17.0 Å². The van der Waals surface area contributed by atoms with Crippen LogP contribution in [0.15, 0.2) is 53.6 Å². The van der Waals surface area contributed by atoms with Gasteiger partial charge in [0.1, 0.15) is 5.69 Å². The van der Waals surface area contributed by atoms with Crippen LogP contribution in [0.3, 0.4) is 0 Å². The van der Waals surface area contributed by atoms with Gasteiger partial charge in [-0.05, 0) is 49.6 Å². The summed E-state index contributed by atoms with van der Waals surface area (Å²) >= 11 is 0. The molecule has 0 spiro atoms. The van der Waals surface area contributed by atoms with E-state index >= 15 is 0 Å². The summed E-state index contributed by atoms with van der Waals surface area (Å²) in [6, 6.07) is 14.1. The van der Waals surface area contributed by atoms with E-state index < -0.39 is 11.9 Å². The number of hydrazone groups is 1. The van der Waals surface area contributed by atoms with Crippen molar-refractivity contribution in [3.63, 3.8) is 0 Å². The van der Waals surface area contributed by atoms with Crippen molar-refractivity contribution in [1.82, 2.24) is 15.2 Å². The van der Waals surface area contributed by atoms with Gasteiger partial charge in [-0.15, -0.1) is 0 Å². The number of rotatable bonds is 9. The summed E-state index contributed by atoms with van der Waals surface area (Å²) in [7, 11) is 3.05. The number of aromatic nitrogens is 2. The molecular weight excluding hydrogens is 432 g/mol. The average Bonchev–Trinajstić information content (AvgIpc) is 3.16. The number of hydrogen-bond acceptors (Lipinski definition) is 6. The summed E-state index contributed by atoms with van der Waals surface area (Å²) in [4.78, 5) is 23.9. The monoisotopic (exact) mass is 462 g/mol. The number of esters is 1. The number of nitrogens with zero attached hydrogens (tertiary/aromatic N) is 3. The maximum Gasteiger partial charge on any atom is 0.337 e. The number of carbonyl (C=O) groups is 2.